The van der Waals surface area contributed by atoms with Crippen molar-refractivity contribution in [1.29, 1.82) is 0 Å². The van der Waals surface area contributed by atoms with Crippen LogP contribution in [0.25, 0.3) is 0 Å². The second kappa shape index (κ2) is 16.5. The third-order valence-corrected chi connectivity index (χ3v) is 4.17. The average molecular weight is 303 g/mol. The fraction of sp³-hybridized carbons (Fsp3) is 0.941. The number of hydrogen-bond acceptors (Lipinski definition) is 1. The Morgan fingerprint density at radius 2 is 0.947 bits per heavy atom. The zero-order valence-electron chi connectivity index (χ0n) is 13.0. The molecule has 0 heterocycles. The van der Waals surface area contributed by atoms with Crippen LogP contribution in [0, 0.1) is 0 Å². The van der Waals surface area contributed by atoms with E-state index in [1.54, 1.807) is 0 Å². The van der Waals surface area contributed by atoms with Crippen LogP contribution >= 0.6 is 24.8 Å². The fourth-order valence-corrected chi connectivity index (χ4v) is 2.77. The van der Waals surface area contributed by atoms with Gasteiger partial charge in [-0.2, -0.15) is 0 Å². The topological polar surface area (TPSA) is 0 Å². The largest absolute Gasteiger partial charge is 0.136 e. The van der Waals surface area contributed by atoms with Crippen molar-refractivity contribution in [2.24, 2.45) is 0 Å². The van der Waals surface area contributed by atoms with Crippen molar-refractivity contribution in [3.8, 4) is 0 Å². The lowest BCUT2D eigenvalue weighted by Crippen LogP contribution is -1.85. The SMILES string of the molecule is CCCCCCCCCCCCCCCCC(=S)S. The van der Waals surface area contributed by atoms with Crippen molar-refractivity contribution in [1.82, 2.24) is 0 Å². The molecular weight excluding hydrogens is 268 g/mol. The molecule has 0 amide bonds. The predicted molar refractivity (Wildman–Crippen MR) is 96.5 cm³/mol. The normalized spacial score (nSPS) is 10.8. The summed E-state index contributed by atoms with van der Waals surface area (Å²) in [7, 11) is 0. The summed E-state index contributed by atoms with van der Waals surface area (Å²) in [6.45, 7) is 2.28. The van der Waals surface area contributed by atoms with Gasteiger partial charge in [-0.05, 0) is 12.8 Å². The highest BCUT2D eigenvalue weighted by Crippen LogP contribution is 2.13. The minimum Gasteiger partial charge on any atom is -0.136 e. The van der Waals surface area contributed by atoms with Crippen LogP contribution in [0.2, 0.25) is 0 Å². The summed E-state index contributed by atoms with van der Waals surface area (Å²) in [5.41, 5.74) is 0. The lowest BCUT2D eigenvalue weighted by molar-refractivity contribution is 0.537. The van der Waals surface area contributed by atoms with E-state index in [0.717, 1.165) is 10.6 Å². The maximum atomic E-state index is 4.95. The molecule has 0 aliphatic carbocycles. The van der Waals surface area contributed by atoms with Crippen molar-refractivity contribution in [3.63, 3.8) is 0 Å². The third-order valence-electron chi connectivity index (χ3n) is 3.74. The van der Waals surface area contributed by atoms with Gasteiger partial charge in [0.15, 0.2) is 0 Å². The molecule has 0 N–H and O–H groups in total. The molecule has 0 atom stereocenters. The molecule has 0 aromatic heterocycles. The Balaban J connectivity index is 2.93. The molecule has 0 radical (unpaired) electrons. The van der Waals surface area contributed by atoms with Crippen LogP contribution in [-0.2, 0) is 0 Å². The Labute approximate surface area is 132 Å². The van der Waals surface area contributed by atoms with E-state index in [4.69, 9.17) is 12.2 Å². The second-order valence-electron chi connectivity index (χ2n) is 5.74. The molecule has 0 saturated heterocycles. The van der Waals surface area contributed by atoms with Gasteiger partial charge in [-0.15, -0.1) is 12.6 Å². The Morgan fingerprint density at radius 1 is 0.632 bits per heavy atom. The average Bonchev–Trinajstić information content (AvgIpc) is 2.39. The highest BCUT2D eigenvalue weighted by atomic mass is 32.1. The van der Waals surface area contributed by atoms with Gasteiger partial charge < -0.3 is 0 Å². The van der Waals surface area contributed by atoms with Crippen molar-refractivity contribution in [2.45, 2.75) is 103 Å². The molecule has 0 aromatic rings. The minimum atomic E-state index is 0.874. The van der Waals surface area contributed by atoms with Crippen LogP contribution in [0.1, 0.15) is 103 Å². The lowest BCUT2D eigenvalue weighted by atomic mass is 10.0. The lowest BCUT2D eigenvalue weighted by Gasteiger charge is -2.03. The van der Waals surface area contributed by atoms with Crippen LogP contribution in [0.4, 0.5) is 0 Å². The van der Waals surface area contributed by atoms with Gasteiger partial charge in [-0.3, -0.25) is 0 Å². The summed E-state index contributed by atoms with van der Waals surface area (Å²) in [5.74, 6) is 0. The first-order valence-electron chi connectivity index (χ1n) is 8.49. The smallest absolute Gasteiger partial charge is 0.0448 e. The van der Waals surface area contributed by atoms with E-state index in [1.165, 1.54) is 89.9 Å². The van der Waals surface area contributed by atoms with E-state index in [1.807, 2.05) is 0 Å². The molecule has 0 unspecified atom stereocenters. The number of hydrogen-bond donors (Lipinski definition) is 1. The molecule has 0 rings (SSSR count). The van der Waals surface area contributed by atoms with Crippen LogP contribution < -0.4 is 0 Å². The Kier molecular flexibility index (Phi) is 16.9. The zero-order chi connectivity index (χ0) is 14.2. The monoisotopic (exact) mass is 302 g/mol. The fourth-order valence-electron chi connectivity index (χ4n) is 2.47. The summed E-state index contributed by atoms with van der Waals surface area (Å²) >= 11 is 9.10. The van der Waals surface area contributed by atoms with Crippen molar-refractivity contribution >= 4 is 29.0 Å². The maximum Gasteiger partial charge on any atom is 0.0448 e. The standard InChI is InChI=1S/C17H34S2/c1-2-3-4-5-6-7-8-9-10-11-12-13-14-15-16-17(18)19/h2-16H2,1H3,(H,18,19). The van der Waals surface area contributed by atoms with Crippen molar-refractivity contribution in [3.05, 3.63) is 0 Å². The maximum absolute atomic E-state index is 4.95. The minimum absolute atomic E-state index is 0.874. The molecule has 0 spiro atoms. The molecule has 0 saturated carbocycles. The Morgan fingerprint density at radius 3 is 1.26 bits per heavy atom. The number of rotatable bonds is 15. The first-order chi connectivity index (χ1) is 9.27. The Hall–Kier alpha value is 0.440. The van der Waals surface area contributed by atoms with Gasteiger partial charge in [0.05, 0.1) is 0 Å². The van der Waals surface area contributed by atoms with Gasteiger partial charge in [-0.1, -0.05) is 103 Å². The summed E-state index contributed by atoms with van der Waals surface area (Å²) in [5, 5.41) is 0. The molecule has 0 bridgehead atoms. The summed E-state index contributed by atoms with van der Waals surface area (Å²) < 4.78 is 0.874. The second-order valence-corrected chi connectivity index (χ2v) is 7.08. The van der Waals surface area contributed by atoms with Gasteiger partial charge in [0, 0.05) is 4.20 Å². The van der Waals surface area contributed by atoms with Crippen LogP contribution in [0.3, 0.4) is 0 Å². The van der Waals surface area contributed by atoms with E-state index in [9.17, 15) is 0 Å². The van der Waals surface area contributed by atoms with Crippen LogP contribution in [-0.4, -0.2) is 4.20 Å². The quantitative estimate of drug-likeness (QED) is 0.191. The summed E-state index contributed by atoms with van der Waals surface area (Å²) in [6.07, 6.45) is 20.8. The van der Waals surface area contributed by atoms with Gasteiger partial charge in [-0.25, -0.2) is 0 Å². The summed E-state index contributed by atoms with van der Waals surface area (Å²) in [6, 6.07) is 0. The molecule has 19 heavy (non-hydrogen) atoms. The molecule has 114 valence electrons. The predicted octanol–water partition coefficient (Wildman–Crippen LogP) is 7.12. The first kappa shape index (κ1) is 19.4. The molecule has 0 nitrogen and oxygen atoms in total. The molecular formula is C17H34S2. The van der Waals surface area contributed by atoms with Gasteiger partial charge in [0.1, 0.15) is 0 Å². The van der Waals surface area contributed by atoms with Gasteiger partial charge in [0.2, 0.25) is 0 Å². The molecule has 0 aliphatic heterocycles. The van der Waals surface area contributed by atoms with Crippen molar-refractivity contribution < 1.29 is 0 Å². The number of unbranched alkanes of at least 4 members (excludes halogenated alkanes) is 13. The van der Waals surface area contributed by atoms with Crippen LogP contribution in [0.5, 0.6) is 0 Å². The van der Waals surface area contributed by atoms with Gasteiger partial charge in [0.25, 0.3) is 0 Å². The first-order valence-corrected chi connectivity index (χ1v) is 9.34. The Bertz CT molecular complexity index is 190. The summed E-state index contributed by atoms with van der Waals surface area (Å²) in [4.78, 5) is 0. The van der Waals surface area contributed by atoms with E-state index < -0.39 is 0 Å². The third kappa shape index (κ3) is 18.4. The zero-order valence-corrected chi connectivity index (χ0v) is 14.7. The van der Waals surface area contributed by atoms with Gasteiger partial charge >= 0.3 is 0 Å². The molecule has 2 heteroatoms. The molecule has 0 aliphatic rings. The van der Waals surface area contributed by atoms with E-state index in [-0.39, 0.29) is 0 Å². The highest BCUT2D eigenvalue weighted by Gasteiger charge is 1.94. The molecule has 0 aromatic carbocycles. The number of thiocarbonyl (C=S) groups is 1. The van der Waals surface area contributed by atoms with Crippen molar-refractivity contribution in [2.75, 3.05) is 0 Å². The number of thiol groups is 1. The molecule has 0 fully saturated rings. The van der Waals surface area contributed by atoms with Crippen LogP contribution in [0.15, 0.2) is 0 Å². The van der Waals surface area contributed by atoms with E-state index in [0.29, 0.717) is 0 Å². The van der Waals surface area contributed by atoms with E-state index >= 15 is 0 Å². The highest BCUT2D eigenvalue weighted by molar-refractivity contribution is 8.11. The van der Waals surface area contributed by atoms with E-state index in [2.05, 4.69) is 19.6 Å².